The average Bonchev–Trinajstić information content (AvgIpc) is 3.23. The molecule has 144 valence electrons. The molecular weight excluding hydrogens is 382 g/mol. The smallest absolute Gasteiger partial charge is 0.260 e. The predicted molar refractivity (Wildman–Crippen MR) is 103 cm³/mol. The molecule has 0 saturated carbocycles. The standard InChI is InChI=1S/C20H18ClN3O4/c21-17-7-2-1-6-16(17)20-22-19(23-28-20)14-4-3-5-15(12-14)27-13-18(25)24-8-10-26-11-9-24/h1-7,12H,8-11,13H2. The van der Waals surface area contributed by atoms with Crippen LogP contribution in [0.4, 0.5) is 0 Å². The van der Waals surface area contributed by atoms with E-state index in [0.717, 1.165) is 5.56 Å². The van der Waals surface area contributed by atoms with E-state index < -0.39 is 0 Å². The summed E-state index contributed by atoms with van der Waals surface area (Å²) in [5.74, 6) is 1.26. The van der Waals surface area contributed by atoms with Crippen LogP contribution in [0.25, 0.3) is 22.8 Å². The highest BCUT2D eigenvalue weighted by Gasteiger charge is 2.18. The monoisotopic (exact) mass is 399 g/mol. The number of carbonyl (C=O) groups is 1. The molecule has 8 heteroatoms. The Balaban J connectivity index is 1.45. The second kappa shape index (κ2) is 8.41. The van der Waals surface area contributed by atoms with Crippen LogP contribution in [0.5, 0.6) is 5.75 Å². The lowest BCUT2D eigenvalue weighted by Crippen LogP contribution is -2.42. The van der Waals surface area contributed by atoms with Gasteiger partial charge in [-0.25, -0.2) is 0 Å². The molecule has 0 spiro atoms. The molecule has 1 amide bonds. The van der Waals surface area contributed by atoms with Gasteiger partial charge in [-0.15, -0.1) is 0 Å². The van der Waals surface area contributed by atoms with Gasteiger partial charge in [0.15, 0.2) is 6.61 Å². The predicted octanol–water partition coefficient (Wildman–Crippen LogP) is 3.29. The van der Waals surface area contributed by atoms with Gasteiger partial charge in [-0.3, -0.25) is 4.79 Å². The van der Waals surface area contributed by atoms with Gasteiger partial charge in [0.25, 0.3) is 11.8 Å². The molecule has 28 heavy (non-hydrogen) atoms. The molecule has 1 aromatic heterocycles. The van der Waals surface area contributed by atoms with E-state index in [-0.39, 0.29) is 12.5 Å². The minimum Gasteiger partial charge on any atom is -0.484 e. The quantitative estimate of drug-likeness (QED) is 0.655. The van der Waals surface area contributed by atoms with Gasteiger partial charge in [-0.05, 0) is 24.3 Å². The number of benzene rings is 2. The number of aromatic nitrogens is 2. The van der Waals surface area contributed by atoms with Crippen molar-refractivity contribution in [2.24, 2.45) is 0 Å². The zero-order valence-electron chi connectivity index (χ0n) is 15.0. The fourth-order valence-electron chi connectivity index (χ4n) is 2.86. The third-order valence-corrected chi connectivity index (χ3v) is 4.68. The van der Waals surface area contributed by atoms with Crippen LogP contribution in [-0.2, 0) is 9.53 Å². The maximum Gasteiger partial charge on any atom is 0.260 e. The zero-order valence-corrected chi connectivity index (χ0v) is 15.8. The lowest BCUT2D eigenvalue weighted by atomic mass is 10.2. The van der Waals surface area contributed by atoms with Crippen LogP contribution in [0, 0.1) is 0 Å². The first-order valence-corrected chi connectivity index (χ1v) is 9.26. The van der Waals surface area contributed by atoms with Gasteiger partial charge in [0, 0.05) is 18.7 Å². The summed E-state index contributed by atoms with van der Waals surface area (Å²) in [4.78, 5) is 18.4. The van der Waals surface area contributed by atoms with E-state index in [9.17, 15) is 4.79 Å². The van der Waals surface area contributed by atoms with E-state index in [1.807, 2.05) is 30.3 Å². The Labute approximate surface area is 166 Å². The molecule has 1 saturated heterocycles. The van der Waals surface area contributed by atoms with Gasteiger partial charge in [-0.1, -0.05) is 41.0 Å². The van der Waals surface area contributed by atoms with Crippen LogP contribution in [0.3, 0.4) is 0 Å². The maximum absolute atomic E-state index is 12.2. The van der Waals surface area contributed by atoms with Crippen LogP contribution >= 0.6 is 11.6 Å². The first-order chi connectivity index (χ1) is 13.7. The summed E-state index contributed by atoms with van der Waals surface area (Å²) in [5, 5.41) is 4.56. The number of carbonyl (C=O) groups excluding carboxylic acids is 1. The van der Waals surface area contributed by atoms with Crippen molar-refractivity contribution in [3.05, 3.63) is 53.6 Å². The summed E-state index contributed by atoms with van der Waals surface area (Å²) in [6, 6.07) is 14.5. The Morgan fingerprint density at radius 2 is 1.96 bits per heavy atom. The summed E-state index contributed by atoms with van der Waals surface area (Å²) in [5.41, 5.74) is 1.39. The minimum atomic E-state index is -0.0609. The van der Waals surface area contributed by atoms with Crippen molar-refractivity contribution < 1.29 is 18.8 Å². The van der Waals surface area contributed by atoms with Crippen molar-refractivity contribution in [2.45, 2.75) is 0 Å². The topological polar surface area (TPSA) is 77.7 Å². The summed E-state index contributed by atoms with van der Waals surface area (Å²) >= 11 is 6.18. The number of rotatable bonds is 5. The summed E-state index contributed by atoms with van der Waals surface area (Å²) in [7, 11) is 0. The number of hydrogen-bond donors (Lipinski definition) is 0. The van der Waals surface area contributed by atoms with E-state index in [1.54, 1.807) is 23.1 Å². The number of nitrogens with zero attached hydrogens (tertiary/aromatic N) is 3. The van der Waals surface area contributed by atoms with Crippen LogP contribution < -0.4 is 4.74 Å². The maximum atomic E-state index is 12.2. The molecule has 0 unspecified atom stereocenters. The third kappa shape index (κ3) is 4.16. The van der Waals surface area contributed by atoms with Crippen LogP contribution in [0.2, 0.25) is 5.02 Å². The van der Waals surface area contributed by atoms with Crippen molar-refractivity contribution in [1.82, 2.24) is 15.0 Å². The summed E-state index contributed by atoms with van der Waals surface area (Å²) in [6.45, 7) is 2.28. The van der Waals surface area contributed by atoms with Gasteiger partial charge < -0.3 is 18.9 Å². The van der Waals surface area contributed by atoms with Gasteiger partial charge in [-0.2, -0.15) is 4.98 Å². The molecule has 2 heterocycles. The Morgan fingerprint density at radius 1 is 1.14 bits per heavy atom. The second-order valence-electron chi connectivity index (χ2n) is 6.21. The normalized spacial score (nSPS) is 14.1. The lowest BCUT2D eigenvalue weighted by molar-refractivity contribution is -0.137. The molecular formula is C20H18ClN3O4. The molecule has 1 aliphatic rings. The van der Waals surface area contributed by atoms with Crippen molar-refractivity contribution >= 4 is 17.5 Å². The molecule has 2 aromatic carbocycles. The van der Waals surface area contributed by atoms with Gasteiger partial charge in [0.2, 0.25) is 5.82 Å². The number of halogens is 1. The minimum absolute atomic E-state index is 0.0272. The molecule has 3 aromatic rings. The number of morpholine rings is 1. The fourth-order valence-corrected chi connectivity index (χ4v) is 3.08. The van der Waals surface area contributed by atoms with Gasteiger partial charge in [0.1, 0.15) is 5.75 Å². The Bertz CT molecular complexity index is 969. The zero-order chi connectivity index (χ0) is 19.3. The van der Waals surface area contributed by atoms with Gasteiger partial charge in [0.05, 0.1) is 23.8 Å². The van der Waals surface area contributed by atoms with E-state index in [1.165, 1.54) is 0 Å². The van der Waals surface area contributed by atoms with E-state index in [2.05, 4.69) is 10.1 Å². The fraction of sp³-hybridized carbons (Fsp3) is 0.250. The molecule has 0 aliphatic carbocycles. The number of ether oxygens (including phenoxy) is 2. The number of hydrogen-bond acceptors (Lipinski definition) is 6. The Kier molecular flexibility index (Phi) is 5.55. The molecule has 0 radical (unpaired) electrons. The van der Waals surface area contributed by atoms with Crippen molar-refractivity contribution in [3.63, 3.8) is 0 Å². The van der Waals surface area contributed by atoms with E-state index in [0.29, 0.717) is 54.4 Å². The summed E-state index contributed by atoms with van der Waals surface area (Å²) in [6.07, 6.45) is 0. The SMILES string of the molecule is O=C(COc1cccc(-c2noc(-c3ccccc3Cl)n2)c1)N1CCOCC1. The van der Waals surface area contributed by atoms with Crippen LogP contribution in [-0.4, -0.2) is 53.9 Å². The Morgan fingerprint density at radius 3 is 2.79 bits per heavy atom. The van der Waals surface area contributed by atoms with Gasteiger partial charge >= 0.3 is 0 Å². The first-order valence-electron chi connectivity index (χ1n) is 8.88. The second-order valence-corrected chi connectivity index (χ2v) is 6.62. The van der Waals surface area contributed by atoms with Crippen LogP contribution in [0.15, 0.2) is 53.1 Å². The highest BCUT2D eigenvalue weighted by Crippen LogP contribution is 2.29. The molecule has 1 aliphatic heterocycles. The molecule has 0 N–H and O–H groups in total. The first kappa shape index (κ1) is 18.5. The molecule has 0 atom stereocenters. The van der Waals surface area contributed by atoms with Crippen molar-refractivity contribution in [1.29, 1.82) is 0 Å². The van der Waals surface area contributed by atoms with E-state index in [4.69, 9.17) is 25.6 Å². The van der Waals surface area contributed by atoms with Crippen molar-refractivity contribution in [3.8, 4) is 28.6 Å². The number of amides is 1. The Hall–Kier alpha value is -2.90. The lowest BCUT2D eigenvalue weighted by Gasteiger charge is -2.26. The third-order valence-electron chi connectivity index (χ3n) is 4.35. The average molecular weight is 400 g/mol. The molecule has 0 bridgehead atoms. The highest BCUT2D eigenvalue weighted by atomic mass is 35.5. The largest absolute Gasteiger partial charge is 0.484 e. The molecule has 1 fully saturated rings. The van der Waals surface area contributed by atoms with Crippen molar-refractivity contribution in [2.75, 3.05) is 32.9 Å². The highest BCUT2D eigenvalue weighted by molar-refractivity contribution is 6.33. The summed E-state index contributed by atoms with van der Waals surface area (Å²) < 4.78 is 16.3. The van der Waals surface area contributed by atoms with Crippen LogP contribution in [0.1, 0.15) is 0 Å². The molecule has 4 rings (SSSR count). The van der Waals surface area contributed by atoms with E-state index >= 15 is 0 Å². The molecule has 7 nitrogen and oxygen atoms in total.